The molecule has 0 aliphatic heterocycles. The van der Waals surface area contributed by atoms with Gasteiger partial charge in [-0.3, -0.25) is 0 Å². The molecule has 12 nitrogen and oxygen atoms in total. The molecule has 0 bridgehead atoms. The molecule has 0 saturated carbocycles. The third kappa shape index (κ3) is 14.4. The first-order chi connectivity index (χ1) is 19.1. The van der Waals surface area contributed by atoms with Gasteiger partial charge in [0.05, 0.1) is 9.79 Å². The van der Waals surface area contributed by atoms with Gasteiger partial charge in [-0.25, -0.2) is 36.8 Å². The van der Waals surface area contributed by atoms with Crippen LogP contribution < -0.4 is 11.1 Å². The second kappa shape index (κ2) is 19.3. The summed E-state index contributed by atoms with van der Waals surface area (Å²) in [5.74, 6) is -0.218. The van der Waals surface area contributed by atoms with Crippen molar-refractivity contribution in [2.75, 3.05) is 22.6 Å². The average molecular weight is 812 g/mol. The van der Waals surface area contributed by atoms with Crippen molar-refractivity contribution < 1.29 is 85.0 Å². The van der Waals surface area contributed by atoms with Gasteiger partial charge in [-0.05, 0) is 83.3 Å². The van der Waals surface area contributed by atoms with Gasteiger partial charge in [0.1, 0.15) is 15.3 Å². The summed E-state index contributed by atoms with van der Waals surface area (Å²) in [6.45, 7) is 6.71. The molecule has 3 N–H and O–H groups in total. The van der Waals surface area contributed by atoms with E-state index >= 15 is 0 Å². The molecule has 19 heteroatoms. The molecule has 0 atom stereocenters. The number of anilines is 3. The fourth-order valence-corrected chi connectivity index (χ4v) is 4.30. The molecule has 2 heterocycles. The molecule has 0 unspecified atom stereocenters. The van der Waals surface area contributed by atoms with Crippen LogP contribution >= 0.6 is 34.8 Å². The summed E-state index contributed by atoms with van der Waals surface area (Å²) < 4.78 is 59.8. The van der Waals surface area contributed by atoms with Crippen LogP contribution in [0, 0.1) is 13.8 Å². The van der Waals surface area contributed by atoms with E-state index in [0.717, 1.165) is 0 Å². The Morgan fingerprint density at radius 2 is 1.10 bits per heavy atom. The molecule has 0 aliphatic rings. The van der Waals surface area contributed by atoms with Crippen molar-refractivity contribution in [2.24, 2.45) is 0 Å². The Labute approximate surface area is 306 Å². The third-order valence-corrected chi connectivity index (χ3v) is 7.77. The van der Waals surface area contributed by atoms with Gasteiger partial charge < -0.3 is 24.9 Å². The minimum absolute atomic E-state index is 0. The van der Waals surface area contributed by atoms with Crippen molar-refractivity contribution in [2.45, 2.75) is 9.79 Å². The summed E-state index contributed by atoms with van der Waals surface area (Å²) in [5, 5.41) is 2.60. The quantitative estimate of drug-likeness (QED) is 0.212. The number of nitrogens with two attached hydrogens (primary N) is 1. The maximum Gasteiger partial charge on any atom is 0.231 e. The van der Waals surface area contributed by atoms with Crippen LogP contribution in [0.1, 0.15) is 2.74 Å². The topological polar surface area (TPSA) is 184 Å². The van der Waals surface area contributed by atoms with Gasteiger partial charge in [0.2, 0.25) is 21.8 Å². The third-order valence-electron chi connectivity index (χ3n) is 4.21. The van der Waals surface area contributed by atoms with Crippen molar-refractivity contribution >= 4 is 71.8 Å². The zero-order chi connectivity index (χ0) is 30.8. The van der Waals surface area contributed by atoms with Gasteiger partial charge in [0, 0.05) is 76.8 Å². The Balaban J connectivity index is 0.000000657. The number of aromatic nitrogens is 6. The van der Waals surface area contributed by atoms with E-state index in [0.29, 0.717) is 11.4 Å². The summed E-state index contributed by atoms with van der Waals surface area (Å²) >= 11 is 16.2. The van der Waals surface area contributed by atoms with Crippen LogP contribution in [0.4, 0.5) is 17.3 Å². The summed E-state index contributed by atoms with van der Waals surface area (Å²) in [5.41, 5.74) is 6.52. The van der Waals surface area contributed by atoms with Crippen LogP contribution in [0.15, 0.2) is 70.9 Å². The summed E-state index contributed by atoms with van der Waals surface area (Å²) in [7, 11) is -6.51. The molecular weight excluding hydrogens is 789 g/mol. The molecule has 4 aromatic rings. The number of sulfone groups is 2. The van der Waals surface area contributed by atoms with E-state index in [1.54, 1.807) is 24.3 Å². The standard InChI is InChI=1S/C11H10ClN4O2S.C8H10NO2S.C3HCl2N3.2Y/c1-2-19(17,18)9-5-3-8(4-6-9)15-11-14-7-13-10(12)16-11;1-2-12(10,11)8-5-3-7(9)4-6-8;4-2-6-1-7-3(5)8-2;;/h3-7H,1-2H2,(H,13,14,15,16);3-6H,1-2,9H2;1H;;/q2*-1;;;/i7D;;1D;;. The van der Waals surface area contributed by atoms with Crippen LogP contribution in [-0.4, -0.2) is 58.2 Å². The number of nitrogens with one attached hydrogen (secondary N) is 1. The van der Waals surface area contributed by atoms with Crippen LogP contribution in [0.3, 0.4) is 0 Å². The Bertz CT molecular complexity index is 1630. The first-order valence-electron chi connectivity index (χ1n) is 11.3. The predicted molar refractivity (Wildman–Crippen MR) is 150 cm³/mol. The van der Waals surface area contributed by atoms with Crippen LogP contribution in [0.5, 0.6) is 0 Å². The zero-order valence-corrected chi connectivity index (χ0v) is 30.5. The first-order valence-corrected chi connectivity index (χ1v) is 14.8. The number of nitrogen functional groups attached to an aromatic ring is 1. The maximum absolute atomic E-state index is 11.6. The fraction of sp³-hybridized carbons (Fsp3) is 0.0909. The Hall–Kier alpha value is -0.962. The summed E-state index contributed by atoms with van der Waals surface area (Å²) in [6, 6.07) is 12.1. The van der Waals surface area contributed by atoms with Gasteiger partial charge in [-0.1, -0.05) is 11.5 Å². The number of nitrogens with zero attached hydrogens (tertiary/aromatic N) is 6. The van der Waals surface area contributed by atoms with Gasteiger partial charge in [0.25, 0.3) is 0 Å². The van der Waals surface area contributed by atoms with Crippen molar-refractivity contribution in [3.8, 4) is 0 Å². The molecule has 0 amide bonds. The Kier molecular flexibility index (Phi) is 17.1. The normalized spacial score (nSPS) is 11.0. The first kappa shape index (κ1) is 36.2. The molecule has 4 rings (SSSR count). The largest absolute Gasteiger partial charge is 0.399 e. The van der Waals surface area contributed by atoms with Crippen molar-refractivity contribution in [3.63, 3.8) is 0 Å². The second-order valence-corrected chi connectivity index (χ2v) is 12.1. The van der Waals surface area contributed by atoms with Gasteiger partial charge in [-0.2, -0.15) is 9.97 Å². The van der Waals surface area contributed by atoms with E-state index in [1.165, 1.54) is 24.3 Å². The number of hydrogen-bond donors (Lipinski definition) is 2. The SMILES string of the molecule is [2H]c1nc(Cl)nc(Cl)n1.[2H]c1nc(Cl)nc(Nc2ccc(S(=O)(=O)C[CH2-])cc2)n1.[CH2-]CS(=O)(=O)c1ccc(N)cc1.[Y].[Y]. The zero-order valence-electron chi connectivity index (χ0n) is 22.9. The van der Waals surface area contributed by atoms with E-state index in [-0.39, 0.29) is 121 Å². The van der Waals surface area contributed by atoms with Crippen LogP contribution in [0.2, 0.25) is 15.9 Å². The van der Waals surface area contributed by atoms with Gasteiger partial charge in [-0.15, -0.1) is 0 Å². The minimum atomic E-state index is -3.33. The molecule has 2 aromatic carbocycles. The molecule has 0 aliphatic carbocycles. The molecule has 2 radical (unpaired) electrons. The number of benzene rings is 2. The molecule has 41 heavy (non-hydrogen) atoms. The average Bonchev–Trinajstić information content (AvgIpc) is 2.89. The summed E-state index contributed by atoms with van der Waals surface area (Å²) in [4.78, 5) is 21.7. The molecule has 214 valence electrons. The molecule has 0 fully saturated rings. The molecular formula is C22H21Cl3N8O4S2Y2-2. The van der Waals surface area contributed by atoms with E-state index < -0.39 is 19.7 Å². The van der Waals surface area contributed by atoms with E-state index in [1.807, 2.05) is 0 Å². The minimum Gasteiger partial charge on any atom is -0.399 e. The van der Waals surface area contributed by atoms with E-state index in [9.17, 15) is 16.8 Å². The molecule has 0 spiro atoms. The maximum atomic E-state index is 11.6. The van der Waals surface area contributed by atoms with E-state index in [2.05, 4.69) is 49.1 Å². The van der Waals surface area contributed by atoms with Crippen LogP contribution in [0.25, 0.3) is 0 Å². The molecule has 2 aromatic heterocycles. The number of halogens is 3. The van der Waals surface area contributed by atoms with Crippen molar-refractivity contribution in [1.29, 1.82) is 0 Å². The van der Waals surface area contributed by atoms with E-state index in [4.69, 9.17) is 43.3 Å². The van der Waals surface area contributed by atoms with Crippen molar-refractivity contribution in [1.82, 2.24) is 29.9 Å². The van der Waals surface area contributed by atoms with Gasteiger partial charge >= 0.3 is 0 Å². The second-order valence-electron chi connectivity index (χ2n) is 6.86. The predicted octanol–water partition coefficient (Wildman–Crippen LogP) is 3.93. The number of hydrogen-bond acceptors (Lipinski definition) is 12. The smallest absolute Gasteiger partial charge is 0.231 e. The molecule has 0 saturated heterocycles. The fourth-order valence-electron chi connectivity index (χ4n) is 2.33. The Morgan fingerprint density at radius 3 is 1.49 bits per heavy atom. The number of rotatable bonds is 6. The van der Waals surface area contributed by atoms with Crippen molar-refractivity contribution in [3.05, 3.63) is 90.8 Å². The van der Waals surface area contributed by atoms with Gasteiger partial charge in [0.15, 0.2) is 19.7 Å². The summed E-state index contributed by atoms with van der Waals surface area (Å²) in [6.07, 6.45) is -0.483. The Morgan fingerprint density at radius 1 is 0.707 bits per heavy atom. The monoisotopic (exact) mass is 810 g/mol. The van der Waals surface area contributed by atoms with Crippen LogP contribution in [-0.2, 0) is 85.1 Å².